The number of hydrogen-bond acceptors (Lipinski definition) is 6. The number of rotatable bonds is 4. The zero-order chi connectivity index (χ0) is 18.3. The molecule has 0 unspecified atom stereocenters. The van der Waals surface area contributed by atoms with Gasteiger partial charge in [-0.15, -0.1) is 0 Å². The lowest BCUT2D eigenvalue weighted by Crippen LogP contribution is -2.21. The highest BCUT2D eigenvalue weighted by Gasteiger charge is 2.14. The van der Waals surface area contributed by atoms with Crippen LogP contribution in [0.15, 0.2) is 40.0 Å². The Morgan fingerprint density at radius 3 is 2.62 bits per heavy atom. The molecule has 4 aromatic rings. The predicted molar refractivity (Wildman–Crippen MR) is 95.4 cm³/mol. The average Bonchev–Trinajstić information content (AvgIpc) is 3.23. The van der Waals surface area contributed by atoms with Gasteiger partial charge in [0.25, 0.3) is 5.56 Å². The van der Waals surface area contributed by atoms with Crippen LogP contribution in [0.5, 0.6) is 0 Å². The molecule has 0 spiro atoms. The van der Waals surface area contributed by atoms with Gasteiger partial charge in [-0.25, -0.2) is 9.67 Å². The Balaban J connectivity index is 1.76. The molecule has 0 saturated carbocycles. The number of nitrogens with zero attached hydrogens (tertiary/aromatic N) is 6. The summed E-state index contributed by atoms with van der Waals surface area (Å²) >= 11 is 0. The average molecular weight is 350 g/mol. The third kappa shape index (κ3) is 2.79. The zero-order valence-electron chi connectivity index (χ0n) is 14.8. The van der Waals surface area contributed by atoms with Crippen molar-refractivity contribution < 1.29 is 4.52 Å². The molecule has 3 aromatic heterocycles. The van der Waals surface area contributed by atoms with E-state index in [-0.39, 0.29) is 12.1 Å². The lowest BCUT2D eigenvalue weighted by atomic mass is 10.1. The SMILES string of the molecule is CCc1noc(Cn2cnc3c(cnn3-c3cc(C)cc(C)c3)c2=O)n1. The van der Waals surface area contributed by atoms with E-state index in [0.717, 1.165) is 16.8 Å². The number of aryl methyl sites for hydroxylation is 3. The first-order valence-corrected chi connectivity index (χ1v) is 8.38. The number of aromatic nitrogens is 6. The van der Waals surface area contributed by atoms with Crippen molar-refractivity contribution in [3.63, 3.8) is 0 Å². The van der Waals surface area contributed by atoms with Crippen molar-refractivity contribution in [3.8, 4) is 5.69 Å². The van der Waals surface area contributed by atoms with Gasteiger partial charge >= 0.3 is 0 Å². The van der Waals surface area contributed by atoms with Gasteiger partial charge in [0.15, 0.2) is 11.5 Å². The van der Waals surface area contributed by atoms with Gasteiger partial charge in [-0.2, -0.15) is 10.1 Å². The standard InChI is InChI=1S/C18H18N6O2/c1-4-15-21-16(26-22-15)9-23-10-19-17-14(18(23)25)8-20-24(17)13-6-11(2)5-12(3)7-13/h5-8,10H,4,9H2,1-3H3. The summed E-state index contributed by atoms with van der Waals surface area (Å²) in [6.45, 7) is 6.18. The minimum Gasteiger partial charge on any atom is -0.337 e. The topological polar surface area (TPSA) is 91.6 Å². The minimum atomic E-state index is -0.193. The summed E-state index contributed by atoms with van der Waals surface area (Å²) in [5.74, 6) is 0.997. The van der Waals surface area contributed by atoms with Crippen molar-refractivity contribution in [3.05, 3.63) is 63.9 Å². The normalized spacial score (nSPS) is 11.3. The summed E-state index contributed by atoms with van der Waals surface area (Å²) < 4.78 is 8.29. The zero-order valence-corrected chi connectivity index (χ0v) is 14.8. The number of fused-ring (bicyclic) bond motifs is 1. The van der Waals surface area contributed by atoms with Gasteiger partial charge in [-0.1, -0.05) is 18.1 Å². The van der Waals surface area contributed by atoms with E-state index in [1.54, 1.807) is 10.9 Å². The summed E-state index contributed by atoms with van der Waals surface area (Å²) in [7, 11) is 0. The summed E-state index contributed by atoms with van der Waals surface area (Å²) in [5, 5.41) is 8.65. The molecule has 3 heterocycles. The van der Waals surface area contributed by atoms with Gasteiger partial charge in [-0.05, 0) is 37.1 Å². The molecule has 0 atom stereocenters. The second kappa shape index (κ2) is 6.21. The lowest BCUT2D eigenvalue weighted by Gasteiger charge is -2.06. The Morgan fingerprint density at radius 2 is 1.92 bits per heavy atom. The third-order valence-electron chi connectivity index (χ3n) is 4.14. The van der Waals surface area contributed by atoms with Crippen molar-refractivity contribution >= 4 is 11.0 Å². The maximum atomic E-state index is 12.8. The van der Waals surface area contributed by atoms with E-state index < -0.39 is 0 Å². The molecule has 26 heavy (non-hydrogen) atoms. The van der Waals surface area contributed by atoms with Crippen molar-refractivity contribution in [1.82, 2.24) is 29.5 Å². The van der Waals surface area contributed by atoms with Crippen LogP contribution in [-0.2, 0) is 13.0 Å². The molecule has 4 rings (SSSR count). The summed E-state index contributed by atoms with van der Waals surface area (Å²) in [5.41, 5.74) is 3.46. The molecule has 132 valence electrons. The van der Waals surface area contributed by atoms with Crippen LogP contribution in [0.1, 0.15) is 29.8 Å². The molecule has 0 aliphatic rings. The van der Waals surface area contributed by atoms with Crippen LogP contribution in [0.4, 0.5) is 0 Å². The maximum absolute atomic E-state index is 12.8. The second-order valence-electron chi connectivity index (χ2n) is 6.28. The van der Waals surface area contributed by atoms with Crippen LogP contribution >= 0.6 is 0 Å². The van der Waals surface area contributed by atoms with Gasteiger partial charge in [0.05, 0.1) is 11.9 Å². The Bertz CT molecular complexity index is 1130. The smallest absolute Gasteiger partial charge is 0.264 e. The number of hydrogen-bond donors (Lipinski definition) is 0. The van der Waals surface area contributed by atoms with E-state index in [1.165, 1.54) is 10.9 Å². The fourth-order valence-corrected chi connectivity index (χ4v) is 2.97. The molecular weight excluding hydrogens is 332 g/mol. The molecule has 0 amide bonds. The fourth-order valence-electron chi connectivity index (χ4n) is 2.97. The molecule has 0 bridgehead atoms. The van der Waals surface area contributed by atoms with Crippen LogP contribution < -0.4 is 5.56 Å². The van der Waals surface area contributed by atoms with Crippen LogP contribution in [0, 0.1) is 13.8 Å². The first kappa shape index (κ1) is 16.2. The molecule has 0 radical (unpaired) electrons. The maximum Gasteiger partial charge on any atom is 0.264 e. The largest absolute Gasteiger partial charge is 0.337 e. The Labute approximate surface area is 149 Å². The Morgan fingerprint density at radius 1 is 1.15 bits per heavy atom. The summed E-state index contributed by atoms with van der Waals surface area (Å²) in [4.78, 5) is 21.4. The first-order valence-electron chi connectivity index (χ1n) is 8.38. The monoisotopic (exact) mass is 350 g/mol. The van der Waals surface area contributed by atoms with Crippen LogP contribution in [-0.4, -0.2) is 29.5 Å². The van der Waals surface area contributed by atoms with E-state index in [1.807, 2.05) is 32.9 Å². The molecule has 0 fully saturated rings. The molecule has 0 N–H and O–H groups in total. The summed E-state index contributed by atoms with van der Waals surface area (Å²) in [6, 6.07) is 6.11. The Hall–Kier alpha value is -3.29. The first-order chi connectivity index (χ1) is 12.5. The van der Waals surface area contributed by atoms with Crippen LogP contribution in [0.3, 0.4) is 0 Å². The van der Waals surface area contributed by atoms with Gasteiger partial charge in [-0.3, -0.25) is 9.36 Å². The highest BCUT2D eigenvalue weighted by atomic mass is 16.5. The predicted octanol–water partition coefficient (Wildman–Crippen LogP) is 2.19. The van der Waals surface area contributed by atoms with Crippen LogP contribution in [0.2, 0.25) is 0 Å². The van der Waals surface area contributed by atoms with E-state index in [4.69, 9.17) is 4.52 Å². The van der Waals surface area contributed by atoms with Crippen molar-refractivity contribution in [2.24, 2.45) is 0 Å². The molecule has 0 aliphatic heterocycles. The van der Waals surface area contributed by atoms with E-state index in [9.17, 15) is 4.79 Å². The van der Waals surface area contributed by atoms with Crippen molar-refractivity contribution in [2.75, 3.05) is 0 Å². The van der Waals surface area contributed by atoms with Crippen LogP contribution in [0.25, 0.3) is 16.7 Å². The van der Waals surface area contributed by atoms with Gasteiger partial charge < -0.3 is 4.52 Å². The third-order valence-corrected chi connectivity index (χ3v) is 4.14. The van der Waals surface area contributed by atoms with Crippen molar-refractivity contribution in [2.45, 2.75) is 33.7 Å². The van der Waals surface area contributed by atoms with Gasteiger partial charge in [0, 0.05) is 6.42 Å². The van der Waals surface area contributed by atoms with Gasteiger partial charge in [0.1, 0.15) is 18.3 Å². The minimum absolute atomic E-state index is 0.184. The molecule has 8 heteroatoms. The molecular formula is C18H18N6O2. The van der Waals surface area contributed by atoms with E-state index >= 15 is 0 Å². The van der Waals surface area contributed by atoms with E-state index in [2.05, 4.69) is 26.3 Å². The Kier molecular flexibility index (Phi) is 3.87. The molecule has 0 saturated heterocycles. The lowest BCUT2D eigenvalue weighted by molar-refractivity contribution is 0.365. The second-order valence-corrected chi connectivity index (χ2v) is 6.28. The van der Waals surface area contributed by atoms with Crippen molar-refractivity contribution in [1.29, 1.82) is 0 Å². The molecule has 1 aromatic carbocycles. The quantitative estimate of drug-likeness (QED) is 0.560. The van der Waals surface area contributed by atoms with E-state index in [0.29, 0.717) is 29.2 Å². The molecule has 8 nitrogen and oxygen atoms in total. The highest BCUT2D eigenvalue weighted by Crippen LogP contribution is 2.17. The number of benzene rings is 1. The fraction of sp³-hybridized carbons (Fsp3) is 0.278. The van der Waals surface area contributed by atoms with Gasteiger partial charge in [0.2, 0.25) is 5.89 Å². The summed E-state index contributed by atoms with van der Waals surface area (Å²) in [6.07, 6.45) is 3.71. The highest BCUT2D eigenvalue weighted by molar-refractivity contribution is 5.75. The molecule has 0 aliphatic carbocycles.